The van der Waals surface area contributed by atoms with E-state index in [2.05, 4.69) is 12.2 Å². The lowest BCUT2D eigenvalue weighted by Gasteiger charge is -2.34. The number of nitrogens with two attached hydrogens (primary N) is 1. The predicted molar refractivity (Wildman–Crippen MR) is 62.9 cm³/mol. The van der Waals surface area contributed by atoms with Crippen molar-refractivity contribution in [3.63, 3.8) is 0 Å². The SMILES string of the molecule is NC(=S)Nc1ccccc1C(O)(C(F)(F)F)C(F)(F)F. The highest BCUT2D eigenvalue weighted by Gasteiger charge is 2.72. The minimum atomic E-state index is -5.97. The van der Waals surface area contributed by atoms with Gasteiger partial charge in [0.1, 0.15) is 0 Å². The van der Waals surface area contributed by atoms with Gasteiger partial charge in [-0.2, -0.15) is 26.3 Å². The molecule has 0 heterocycles. The van der Waals surface area contributed by atoms with Crippen LogP contribution in [0.25, 0.3) is 0 Å². The molecule has 0 fully saturated rings. The van der Waals surface area contributed by atoms with Gasteiger partial charge >= 0.3 is 12.4 Å². The van der Waals surface area contributed by atoms with Crippen molar-refractivity contribution in [3.05, 3.63) is 29.8 Å². The number of alkyl halides is 6. The number of thiocarbonyl (C=S) groups is 1. The Bertz CT molecular complexity index is 499. The van der Waals surface area contributed by atoms with Crippen LogP contribution in [0.15, 0.2) is 24.3 Å². The van der Waals surface area contributed by atoms with Crippen LogP contribution < -0.4 is 11.1 Å². The van der Waals surface area contributed by atoms with E-state index in [9.17, 15) is 31.4 Å². The molecule has 112 valence electrons. The number of hydrogen-bond donors (Lipinski definition) is 3. The molecule has 0 aliphatic heterocycles. The van der Waals surface area contributed by atoms with E-state index < -0.39 is 34.3 Å². The second-order valence-electron chi connectivity index (χ2n) is 3.74. The van der Waals surface area contributed by atoms with Gasteiger partial charge in [-0.3, -0.25) is 0 Å². The first-order valence-electron chi connectivity index (χ1n) is 4.93. The maximum atomic E-state index is 12.7. The van der Waals surface area contributed by atoms with E-state index in [1.165, 1.54) is 0 Å². The van der Waals surface area contributed by atoms with E-state index in [-0.39, 0.29) is 0 Å². The highest BCUT2D eigenvalue weighted by atomic mass is 32.1. The molecule has 0 aliphatic rings. The van der Waals surface area contributed by atoms with Crippen LogP contribution >= 0.6 is 12.2 Å². The molecular formula is C10H8F6N2OS. The highest BCUT2D eigenvalue weighted by molar-refractivity contribution is 7.80. The Morgan fingerprint density at radius 3 is 1.90 bits per heavy atom. The molecule has 10 heteroatoms. The quantitative estimate of drug-likeness (QED) is 0.580. The molecular weight excluding hydrogens is 310 g/mol. The van der Waals surface area contributed by atoms with Crippen LogP contribution in [0.4, 0.5) is 32.0 Å². The first-order chi connectivity index (χ1) is 8.91. The normalized spacial score (nSPS) is 13.2. The highest BCUT2D eigenvalue weighted by Crippen LogP contribution is 2.51. The smallest absolute Gasteiger partial charge is 0.376 e. The number of para-hydroxylation sites is 1. The van der Waals surface area contributed by atoms with Crippen molar-refractivity contribution in [1.82, 2.24) is 0 Å². The minimum absolute atomic E-state index is 0.488. The topological polar surface area (TPSA) is 58.3 Å². The van der Waals surface area contributed by atoms with Crippen LogP contribution in [-0.4, -0.2) is 22.6 Å². The second-order valence-corrected chi connectivity index (χ2v) is 4.18. The summed E-state index contributed by atoms with van der Waals surface area (Å²) < 4.78 is 76.4. The summed E-state index contributed by atoms with van der Waals surface area (Å²) >= 11 is 4.37. The van der Waals surface area contributed by atoms with Crippen molar-refractivity contribution in [2.24, 2.45) is 5.73 Å². The summed E-state index contributed by atoms with van der Waals surface area (Å²) in [7, 11) is 0. The van der Waals surface area contributed by atoms with Crippen molar-refractivity contribution in [2.45, 2.75) is 18.0 Å². The molecule has 0 aromatic heterocycles. The van der Waals surface area contributed by atoms with Crippen LogP contribution in [0.2, 0.25) is 0 Å². The van der Waals surface area contributed by atoms with Gasteiger partial charge in [0, 0.05) is 11.3 Å². The molecule has 1 rings (SSSR count). The van der Waals surface area contributed by atoms with E-state index in [0.717, 1.165) is 18.2 Å². The zero-order chi connectivity index (χ0) is 15.8. The fourth-order valence-electron chi connectivity index (χ4n) is 1.51. The van der Waals surface area contributed by atoms with E-state index in [1.807, 2.05) is 5.32 Å². The summed E-state index contributed by atoms with van der Waals surface area (Å²) in [6.07, 6.45) is -11.9. The van der Waals surface area contributed by atoms with Gasteiger partial charge in [-0.25, -0.2) is 0 Å². The number of rotatable bonds is 2. The predicted octanol–water partition coefficient (Wildman–Crippen LogP) is 2.65. The van der Waals surface area contributed by atoms with Gasteiger partial charge in [0.25, 0.3) is 5.60 Å². The lowest BCUT2D eigenvalue weighted by Crippen LogP contribution is -2.54. The first kappa shape index (κ1) is 16.5. The third-order valence-electron chi connectivity index (χ3n) is 2.40. The lowest BCUT2D eigenvalue weighted by molar-refractivity contribution is -0.376. The van der Waals surface area contributed by atoms with E-state index in [0.29, 0.717) is 6.07 Å². The van der Waals surface area contributed by atoms with E-state index in [4.69, 9.17) is 5.73 Å². The Morgan fingerprint density at radius 2 is 1.50 bits per heavy atom. The number of aliphatic hydroxyl groups is 1. The minimum Gasteiger partial charge on any atom is -0.376 e. The Hall–Kier alpha value is -1.55. The Balaban J connectivity index is 3.56. The summed E-state index contributed by atoms with van der Waals surface area (Å²) in [6.45, 7) is 0. The van der Waals surface area contributed by atoms with Crippen molar-refractivity contribution >= 4 is 23.0 Å². The molecule has 0 spiro atoms. The van der Waals surface area contributed by atoms with Gasteiger partial charge in [-0.15, -0.1) is 0 Å². The average molecular weight is 318 g/mol. The molecule has 0 saturated heterocycles. The Morgan fingerprint density at radius 1 is 1.05 bits per heavy atom. The van der Waals surface area contributed by atoms with Gasteiger partial charge in [0.15, 0.2) is 5.11 Å². The standard InChI is InChI=1S/C10H8F6N2OS/c11-9(12,13)8(19,10(14,15)16)5-3-1-2-4-6(5)18-7(17)20/h1-4,19H,(H3,17,18,20). The van der Waals surface area contributed by atoms with E-state index >= 15 is 0 Å². The number of anilines is 1. The largest absolute Gasteiger partial charge is 0.430 e. The van der Waals surface area contributed by atoms with Gasteiger partial charge in [-0.1, -0.05) is 18.2 Å². The second kappa shape index (κ2) is 5.09. The van der Waals surface area contributed by atoms with Crippen LogP contribution in [-0.2, 0) is 5.60 Å². The summed E-state index contributed by atoms with van der Waals surface area (Å²) in [6, 6.07) is 3.46. The lowest BCUT2D eigenvalue weighted by atomic mass is 9.90. The monoisotopic (exact) mass is 318 g/mol. The fourth-order valence-corrected chi connectivity index (χ4v) is 1.62. The molecule has 0 aliphatic carbocycles. The summed E-state index contributed by atoms with van der Waals surface area (Å²) in [5, 5.41) is 10.7. The third-order valence-corrected chi connectivity index (χ3v) is 2.50. The molecule has 1 aromatic rings. The average Bonchev–Trinajstić information content (AvgIpc) is 2.24. The van der Waals surface area contributed by atoms with Gasteiger partial charge < -0.3 is 16.2 Å². The van der Waals surface area contributed by atoms with Crippen LogP contribution in [0.1, 0.15) is 5.56 Å². The molecule has 3 nitrogen and oxygen atoms in total. The number of hydrogen-bond acceptors (Lipinski definition) is 2. The van der Waals surface area contributed by atoms with Crippen molar-refractivity contribution in [1.29, 1.82) is 0 Å². The molecule has 20 heavy (non-hydrogen) atoms. The Kier molecular flexibility index (Phi) is 4.20. The van der Waals surface area contributed by atoms with E-state index in [1.54, 1.807) is 0 Å². The zero-order valence-electron chi connectivity index (χ0n) is 9.51. The van der Waals surface area contributed by atoms with Crippen LogP contribution in [0.5, 0.6) is 0 Å². The zero-order valence-corrected chi connectivity index (χ0v) is 10.3. The molecule has 0 radical (unpaired) electrons. The van der Waals surface area contributed by atoms with Crippen LogP contribution in [0.3, 0.4) is 0 Å². The molecule has 0 unspecified atom stereocenters. The molecule has 0 saturated carbocycles. The molecule has 0 amide bonds. The van der Waals surface area contributed by atoms with Crippen molar-refractivity contribution < 1.29 is 31.4 Å². The molecule has 0 atom stereocenters. The number of halogens is 6. The summed E-state index contributed by atoms with van der Waals surface area (Å²) in [4.78, 5) is 0. The van der Waals surface area contributed by atoms with Gasteiger partial charge in [0.05, 0.1) is 0 Å². The van der Waals surface area contributed by atoms with Gasteiger partial charge in [0.2, 0.25) is 0 Å². The first-order valence-corrected chi connectivity index (χ1v) is 5.34. The Labute approximate surface area is 114 Å². The maximum Gasteiger partial charge on any atom is 0.430 e. The number of nitrogens with one attached hydrogen (secondary N) is 1. The third kappa shape index (κ3) is 2.80. The fraction of sp³-hybridized carbons (Fsp3) is 0.300. The van der Waals surface area contributed by atoms with Crippen LogP contribution in [0, 0.1) is 0 Å². The molecule has 0 bridgehead atoms. The molecule has 4 N–H and O–H groups in total. The van der Waals surface area contributed by atoms with Gasteiger partial charge in [-0.05, 0) is 18.3 Å². The number of benzene rings is 1. The molecule has 1 aromatic carbocycles. The van der Waals surface area contributed by atoms with Crippen molar-refractivity contribution in [2.75, 3.05) is 5.32 Å². The maximum absolute atomic E-state index is 12.7. The summed E-state index contributed by atoms with van der Waals surface area (Å²) in [5.41, 5.74) is -2.12. The van der Waals surface area contributed by atoms with Crippen molar-refractivity contribution in [3.8, 4) is 0 Å². The summed E-state index contributed by atoms with van der Waals surface area (Å²) in [5.74, 6) is 0.